The van der Waals surface area contributed by atoms with E-state index in [9.17, 15) is 0 Å². The van der Waals surface area contributed by atoms with E-state index < -0.39 is 0 Å². The molecule has 7 heteroatoms. The zero-order valence-electron chi connectivity index (χ0n) is 6.39. The highest BCUT2D eigenvalue weighted by atomic mass is 15.3. The van der Waals surface area contributed by atoms with Gasteiger partial charge in [0.15, 0.2) is 5.82 Å². The first-order chi connectivity index (χ1) is 5.77. The number of nitrogens with one attached hydrogen (secondary N) is 1. The summed E-state index contributed by atoms with van der Waals surface area (Å²) in [6.45, 7) is 0. The molecule has 0 aliphatic carbocycles. The van der Waals surface area contributed by atoms with Crippen molar-refractivity contribution in [3.8, 4) is 11.6 Å². The smallest absolute Gasteiger partial charge is 0.239 e. The molecule has 7 nitrogen and oxygen atoms in total. The average Bonchev–Trinajstić information content (AvgIpc) is 2.58. The number of nitrogens with two attached hydrogens (primary N) is 1. The number of hydrogen-bond acceptors (Lipinski definition) is 5. The molecule has 2 rings (SSSR count). The molecule has 0 fully saturated rings. The second-order valence-corrected chi connectivity index (χ2v) is 2.31. The van der Waals surface area contributed by atoms with Gasteiger partial charge in [-0.1, -0.05) is 0 Å². The third-order valence-corrected chi connectivity index (χ3v) is 1.43. The van der Waals surface area contributed by atoms with Crippen LogP contribution < -0.4 is 5.73 Å². The van der Waals surface area contributed by atoms with Gasteiger partial charge in [0.2, 0.25) is 11.8 Å². The summed E-state index contributed by atoms with van der Waals surface area (Å²) < 4.78 is 1.72. The maximum absolute atomic E-state index is 5.32. The van der Waals surface area contributed by atoms with E-state index in [0.717, 1.165) is 0 Å². The Morgan fingerprint density at radius 3 is 2.92 bits per heavy atom. The second kappa shape index (κ2) is 2.29. The van der Waals surface area contributed by atoms with Crippen LogP contribution in [0.15, 0.2) is 6.33 Å². The van der Waals surface area contributed by atoms with Crippen molar-refractivity contribution >= 4 is 5.95 Å². The van der Waals surface area contributed by atoms with E-state index in [4.69, 9.17) is 5.73 Å². The summed E-state index contributed by atoms with van der Waals surface area (Å²) in [5.41, 5.74) is 5.32. The van der Waals surface area contributed by atoms with Gasteiger partial charge in [-0.15, -0.1) is 15.3 Å². The van der Waals surface area contributed by atoms with Crippen molar-refractivity contribution < 1.29 is 0 Å². The Kier molecular flexibility index (Phi) is 1.29. The number of aryl methyl sites for hydroxylation is 1. The van der Waals surface area contributed by atoms with Gasteiger partial charge < -0.3 is 10.3 Å². The highest BCUT2D eigenvalue weighted by molar-refractivity contribution is 5.43. The minimum absolute atomic E-state index is 0.202. The van der Waals surface area contributed by atoms with Crippen LogP contribution in [0.25, 0.3) is 11.6 Å². The third-order valence-electron chi connectivity index (χ3n) is 1.43. The first-order valence-corrected chi connectivity index (χ1v) is 3.29. The summed E-state index contributed by atoms with van der Waals surface area (Å²) in [5, 5.41) is 13.8. The van der Waals surface area contributed by atoms with Crippen molar-refractivity contribution in [2.75, 3.05) is 5.73 Å². The zero-order valence-corrected chi connectivity index (χ0v) is 6.39. The van der Waals surface area contributed by atoms with Gasteiger partial charge in [-0.25, -0.2) is 0 Å². The minimum atomic E-state index is 0.202. The molecule has 2 aromatic rings. The van der Waals surface area contributed by atoms with E-state index in [1.165, 1.54) is 0 Å². The largest absolute Gasteiger partial charge is 0.366 e. The Balaban J connectivity index is 2.50. The number of hydrogen-bond donors (Lipinski definition) is 2. The van der Waals surface area contributed by atoms with Gasteiger partial charge >= 0.3 is 0 Å². The fourth-order valence-electron chi connectivity index (χ4n) is 0.872. The van der Waals surface area contributed by atoms with Gasteiger partial charge in [0.1, 0.15) is 6.33 Å². The fraction of sp³-hybridized carbons (Fsp3) is 0.200. The molecule has 0 saturated carbocycles. The van der Waals surface area contributed by atoms with Crippen LogP contribution in [-0.4, -0.2) is 29.9 Å². The van der Waals surface area contributed by atoms with Crippen molar-refractivity contribution in [2.45, 2.75) is 0 Å². The van der Waals surface area contributed by atoms with E-state index in [0.29, 0.717) is 11.6 Å². The molecular weight excluding hydrogens is 158 g/mol. The van der Waals surface area contributed by atoms with Crippen LogP contribution >= 0.6 is 0 Å². The first-order valence-electron chi connectivity index (χ1n) is 3.29. The predicted octanol–water partition coefficient (Wildman–Crippen LogP) is -0.818. The summed E-state index contributed by atoms with van der Waals surface area (Å²) in [7, 11) is 1.81. The maximum Gasteiger partial charge on any atom is 0.239 e. The lowest BCUT2D eigenvalue weighted by Gasteiger charge is -1.91. The molecule has 0 amide bonds. The number of rotatable bonds is 1. The van der Waals surface area contributed by atoms with E-state index in [2.05, 4.69) is 25.4 Å². The molecule has 2 aromatic heterocycles. The van der Waals surface area contributed by atoms with Gasteiger partial charge in [-0.2, -0.15) is 4.98 Å². The highest BCUT2D eigenvalue weighted by Gasteiger charge is 2.07. The molecule has 0 spiro atoms. The van der Waals surface area contributed by atoms with Crippen LogP contribution in [0.1, 0.15) is 0 Å². The zero-order chi connectivity index (χ0) is 8.55. The van der Waals surface area contributed by atoms with Crippen LogP contribution in [0.4, 0.5) is 5.95 Å². The molecule has 0 radical (unpaired) electrons. The van der Waals surface area contributed by atoms with Gasteiger partial charge in [0, 0.05) is 7.05 Å². The summed E-state index contributed by atoms with van der Waals surface area (Å²) in [6, 6.07) is 0. The number of nitrogens with zero attached hydrogens (tertiary/aromatic N) is 5. The number of aromatic amines is 1. The molecule has 0 aliphatic rings. The van der Waals surface area contributed by atoms with Gasteiger partial charge in [0.25, 0.3) is 0 Å². The Labute approximate surface area is 67.6 Å². The summed E-state index contributed by atoms with van der Waals surface area (Å²) in [5.74, 6) is 1.33. The van der Waals surface area contributed by atoms with Crippen LogP contribution in [0.5, 0.6) is 0 Å². The van der Waals surface area contributed by atoms with Crippen molar-refractivity contribution in [1.82, 2.24) is 29.9 Å². The lowest BCUT2D eigenvalue weighted by molar-refractivity contribution is 0.905. The lowest BCUT2D eigenvalue weighted by Crippen LogP contribution is -1.93. The fourth-order valence-corrected chi connectivity index (χ4v) is 0.872. The van der Waals surface area contributed by atoms with Crippen molar-refractivity contribution in [3.05, 3.63) is 6.33 Å². The standard InChI is InChI=1S/C5H7N7/c1-12-2-7-10-4(12)3-8-5(6)11-9-3/h2H,1H3,(H3,6,8,9,11). The molecule has 0 saturated heterocycles. The Morgan fingerprint density at radius 1 is 1.58 bits per heavy atom. The monoisotopic (exact) mass is 165 g/mol. The lowest BCUT2D eigenvalue weighted by atomic mass is 10.6. The molecule has 2 heterocycles. The Morgan fingerprint density at radius 2 is 2.42 bits per heavy atom. The average molecular weight is 165 g/mol. The Hall–Kier alpha value is -1.92. The van der Waals surface area contributed by atoms with E-state index in [1.807, 2.05) is 7.05 Å². The highest BCUT2D eigenvalue weighted by Crippen LogP contribution is 2.08. The number of aromatic nitrogens is 6. The summed E-state index contributed by atoms with van der Waals surface area (Å²) >= 11 is 0. The van der Waals surface area contributed by atoms with Crippen molar-refractivity contribution in [1.29, 1.82) is 0 Å². The van der Waals surface area contributed by atoms with E-state index in [1.54, 1.807) is 10.9 Å². The molecule has 0 aromatic carbocycles. The Bertz CT molecular complexity index is 386. The minimum Gasteiger partial charge on any atom is -0.366 e. The third kappa shape index (κ3) is 0.911. The van der Waals surface area contributed by atoms with E-state index in [-0.39, 0.29) is 5.95 Å². The van der Waals surface area contributed by atoms with Gasteiger partial charge in [0.05, 0.1) is 0 Å². The molecule has 0 bridgehead atoms. The van der Waals surface area contributed by atoms with Crippen LogP contribution in [0, 0.1) is 0 Å². The van der Waals surface area contributed by atoms with Gasteiger partial charge in [-0.05, 0) is 0 Å². The molecule has 0 aliphatic heterocycles. The number of anilines is 1. The van der Waals surface area contributed by atoms with Crippen molar-refractivity contribution in [2.24, 2.45) is 7.05 Å². The van der Waals surface area contributed by atoms with Crippen molar-refractivity contribution in [3.63, 3.8) is 0 Å². The molecule has 12 heavy (non-hydrogen) atoms. The molecular formula is C5H7N7. The SMILES string of the molecule is Cn1cnnc1-c1nc(N)n[nH]1. The maximum atomic E-state index is 5.32. The van der Waals surface area contributed by atoms with Crippen LogP contribution in [0.2, 0.25) is 0 Å². The molecule has 0 atom stereocenters. The normalized spacial score (nSPS) is 10.4. The summed E-state index contributed by atoms with van der Waals surface area (Å²) in [6.07, 6.45) is 1.58. The van der Waals surface area contributed by atoms with E-state index >= 15 is 0 Å². The van der Waals surface area contributed by atoms with Crippen LogP contribution in [0.3, 0.4) is 0 Å². The topological polar surface area (TPSA) is 98.3 Å². The molecule has 3 N–H and O–H groups in total. The van der Waals surface area contributed by atoms with Crippen LogP contribution in [-0.2, 0) is 7.05 Å². The molecule has 0 unspecified atom stereocenters. The van der Waals surface area contributed by atoms with Gasteiger partial charge in [-0.3, -0.25) is 5.10 Å². The summed E-state index contributed by atoms with van der Waals surface area (Å²) in [4.78, 5) is 3.90. The first kappa shape index (κ1) is 6.77. The number of H-pyrrole nitrogens is 1. The number of nitrogen functional groups attached to an aromatic ring is 1. The molecule has 62 valence electrons. The predicted molar refractivity (Wildman–Crippen MR) is 40.8 cm³/mol. The quantitative estimate of drug-likeness (QED) is 0.575. The second-order valence-electron chi connectivity index (χ2n) is 2.31.